The molecule has 1 aromatic rings. The second kappa shape index (κ2) is 7.45. The van der Waals surface area contributed by atoms with E-state index in [1.165, 1.54) is 6.26 Å². The van der Waals surface area contributed by atoms with Crippen LogP contribution in [0.2, 0.25) is 0 Å². The molecule has 2 N–H and O–H groups in total. The van der Waals surface area contributed by atoms with E-state index in [-0.39, 0.29) is 17.7 Å². The highest BCUT2D eigenvalue weighted by Gasteiger charge is 2.21. The van der Waals surface area contributed by atoms with Gasteiger partial charge in [0.1, 0.15) is 9.84 Å². The lowest BCUT2D eigenvalue weighted by molar-refractivity contribution is -0.132. The molecule has 0 spiro atoms. The molecule has 0 radical (unpaired) electrons. The maximum Gasteiger partial charge on any atom is 0.223 e. The summed E-state index contributed by atoms with van der Waals surface area (Å²) in [5.41, 5.74) is 7.47. The van der Waals surface area contributed by atoms with Crippen LogP contribution in [-0.2, 0) is 21.1 Å². The predicted molar refractivity (Wildman–Crippen MR) is 85.7 cm³/mol. The normalized spacial score (nSPS) is 12.9. The molecule has 0 saturated heterocycles. The van der Waals surface area contributed by atoms with E-state index >= 15 is 0 Å². The standard InChI is InChI=1S/C15H24N2O3S/c1-4-17(12(2)11-21(3,19)20)15(18)10-9-13-7-5-6-8-14(13)16/h5-8,12H,4,9-11,16H2,1-3H3. The molecule has 6 heteroatoms. The fraction of sp³-hybridized carbons (Fsp3) is 0.533. The minimum absolute atomic E-state index is 0.0138. The van der Waals surface area contributed by atoms with Gasteiger partial charge in [-0.3, -0.25) is 4.79 Å². The zero-order chi connectivity index (χ0) is 16.0. The largest absolute Gasteiger partial charge is 0.399 e. The number of amides is 1. The van der Waals surface area contributed by atoms with Crippen LogP contribution in [0.15, 0.2) is 24.3 Å². The second-order valence-electron chi connectivity index (χ2n) is 5.32. The molecule has 0 saturated carbocycles. The summed E-state index contributed by atoms with van der Waals surface area (Å²) in [5, 5.41) is 0. The zero-order valence-electron chi connectivity index (χ0n) is 12.9. The van der Waals surface area contributed by atoms with Crippen LogP contribution in [0, 0.1) is 0 Å². The summed E-state index contributed by atoms with van der Waals surface area (Å²) in [6, 6.07) is 7.14. The van der Waals surface area contributed by atoms with Crippen LogP contribution in [0.3, 0.4) is 0 Å². The fourth-order valence-corrected chi connectivity index (χ4v) is 3.47. The minimum atomic E-state index is -3.10. The Balaban J connectivity index is 2.66. The monoisotopic (exact) mass is 312 g/mol. The third kappa shape index (κ3) is 5.75. The Morgan fingerprint density at radius 3 is 2.48 bits per heavy atom. The number of hydrogen-bond donors (Lipinski definition) is 1. The number of carbonyl (C=O) groups excluding carboxylic acids is 1. The number of sulfone groups is 1. The van der Waals surface area contributed by atoms with Crippen molar-refractivity contribution >= 4 is 21.4 Å². The number of anilines is 1. The number of benzene rings is 1. The van der Waals surface area contributed by atoms with Gasteiger partial charge in [-0.25, -0.2) is 8.42 Å². The summed E-state index contributed by atoms with van der Waals surface area (Å²) in [7, 11) is -3.10. The van der Waals surface area contributed by atoms with Crippen molar-refractivity contribution in [2.75, 3.05) is 24.3 Å². The van der Waals surface area contributed by atoms with Crippen molar-refractivity contribution in [1.82, 2.24) is 4.90 Å². The van der Waals surface area contributed by atoms with Crippen molar-refractivity contribution in [3.8, 4) is 0 Å². The Morgan fingerprint density at radius 1 is 1.33 bits per heavy atom. The molecule has 5 nitrogen and oxygen atoms in total. The Hall–Kier alpha value is -1.56. The van der Waals surface area contributed by atoms with Gasteiger partial charge in [0.15, 0.2) is 0 Å². The highest BCUT2D eigenvalue weighted by Crippen LogP contribution is 2.14. The molecule has 1 aromatic carbocycles. The van der Waals surface area contributed by atoms with Crippen LogP contribution in [0.1, 0.15) is 25.8 Å². The van der Waals surface area contributed by atoms with E-state index in [4.69, 9.17) is 5.73 Å². The average molecular weight is 312 g/mol. The van der Waals surface area contributed by atoms with Gasteiger partial charge in [0, 0.05) is 31.0 Å². The SMILES string of the molecule is CCN(C(=O)CCc1ccccc1N)C(C)CS(C)(=O)=O. The lowest BCUT2D eigenvalue weighted by Crippen LogP contribution is -2.42. The summed E-state index contributed by atoms with van der Waals surface area (Å²) in [6.45, 7) is 4.12. The molecule has 0 fully saturated rings. The van der Waals surface area contributed by atoms with E-state index in [0.717, 1.165) is 5.56 Å². The third-order valence-electron chi connectivity index (χ3n) is 3.40. The second-order valence-corrected chi connectivity index (χ2v) is 7.50. The molecule has 118 valence electrons. The molecule has 1 atom stereocenters. The molecular weight excluding hydrogens is 288 g/mol. The third-order valence-corrected chi connectivity index (χ3v) is 4.49. The van der Waals surface area contributed by atoms with Crippen LogP contribution in [0.25, 0.3) is 0 Å². The number of nitrogens with two attached hydrogens (primary N) is 1. The Kier molecular flexibility index (Phi) is 6.20. The summed E-state index contributed by atoms with van der Waals surface area (Å²) >= 11 is 0. The molecule has 21 heavy (non-hydrogen) atoms. The van der Waals surface area contributed by atoms with Crippen LogP contribution in [0.5, 0.6) is 0 Å². The molecule has 0 aliphatic rings. The highest BCUT2D eigenvalue weighted by atomic mass is 32.2. The molecular formula is C15H24N2O3S. The number of para-hydroxylation sites is 1. The summed E-state index contributed by atoms with van der Waals surface area (Å²) in [5.74, 6) is -0.0584. The molecule has 1 unspecified atom stereocenters. The summed E-state index contributed by atoms with van der Waals surface area (Å²) in [4.78, 5) is 13.9. The van der Waals surface area contributed by atoms with Gasteiger partial charge in [-0.1, -0.05) is 18.2 Å². The highest BCUT2D eigenvalue weighted by molar-refractivity contribution is 7.90. The zero-order valence-corrected chi connectivity index (χ0v) is 13.7. The topological polar surface area (TPSA) is 80.5 Å². The van der Waals surface area contributed by atoms with Gasteiger partial charge < -0.3 is 10.6 Å². The van der Waals surface area contributed by atoms with Crippen molar-refractivity contribution in [3.63, 3.8) is 0 Å². The lowest BCUT2D eigenvalue weighted by atomic mass is 10.1. The van der Waals surface area contributed by atoms with Crippen molar-refractivity contribution in [2.24, 2.45) is 0 Å². The fourth-order valence-electron chi connectivity index (χ4n) is 2.41. The van der Waals surface area contributed by atoms with Crippen LogP contribution >= 0.6 is 0 Å². The summed E-state index contributed by atoms with van der Waals surface area (Å²) < 4.78 is 22.7. The van der Waals surface area contributed by atoms with Gasteiger partial charge in [-0.15, -0.1) is 0 Å². The number of carbonyl (C=O) groups is 1. The molecule has 0 aliphatic heterocycles. The van der Waals surface area contributed by atoms with Gasteiger partial charge in [-0.2, -0.15) is 0 Å². The van der Waals surface area contributed by atoms with E-state index in [9.17, 15) is 13.2 Å². The molecule has 0 bridgehead atoms. The van der Waals surface area contributed by atoms with Crippen molar-refractivity contribution < 1.29 is 13.2 Å². The lowest BCUT2D eigenvalue weighted by Gasteiger charge is -2.27. The van der Waals surface area contributed by atoms with Gasteiger partial charge in [-0.05, 0) is 31.9 Å². The average Bonchev–Trinajstić information content (AvgIpc) is 2.36. The first kappa shape index (κ1) is 17.5. The van der Waals surface area contributed by atoms with E-state index in [1.54, 1.807) is 11.8 Å². The van der Waals surface area contributed by atoms with Crippen molar-refractivity contribution in [1.29, 1.82) is 0 Å². The Morgan fingerprint density at radius 2 is 1.95 bits per heavy atom. The molecule has 0 aromatic heterocycles. The smallest absolute Gasteiger partial charge is 0.223 e. The van der Waals surface area contributed by atoms with Crippen LogP contribution < -0.4 is 5.73 Å². The minimum Gasteiger partial charge on any atom is -0.399 e. The molecule has 1 rings (SSSR count). The number of nitrogen functional groups attached to an aromatic ring is 1. The van der Waals surface area contributed by atoms with Crippen molar-refractivity contribution in [3.05, 3.63) is 29.8 Å². The maximum absolute atomic E-state index is 12.3. The van der Waals surface area contributed by atoms with E-state index in [1.807, 2.05) is 31.2 Å². The number of rotatable bonds is 7. The number of hydrogen-bond acceptors (Lipinski definition) is 4. The van der Waals surface area contributed by atoms with Gasteiger partial charge in [0.05, 0.1) is 5.75 Å². The van der Waals surface area contributed by atoms with E-state index in [0.29, 0.717) is 25.1 Å². The quantitative estimate of drug-likeness (QED) is 0.773. The first-order valence-corrected chi connectivity index (χ1v) is 9.11. The van der Waals surface area contributed by atoms with Crippen LogP contribution in [0.4, 0.5) is 5.69 Å². The van der Waals surface area contributed by atoms with E-state index in [2.05, 4.69) is 0 Å². The molecule has 1 amide bonds. The van der Waals surface area contributed by atoms with E-state index < -0.39 is 9.84 Å². The van der Waals surface area contributed by atoms with Gasteiger partial charge in [0.25, 0.3) is 0 Å². The first-order chi connectivity index (χ1) is 9.74. The Labute approximate surface area is 127 Å². The van der Waals surface area contributed by atoms with Crippen LogP contribution in [-0.4, -0.2) is 43.8 Å². The molecule has 0 heterocycles. The Bertz CT molecular complexity index is 584. The van der Waals surface area contributed by atoms with Gasteiger partial charge >= 0.3 is 0 Å². The predicted octanol–water partition coefficient (Wildman–Crippen LogP) is 1.48. The number of aryl methyl sites for hydroxylation is 1. The summed E-state index contributed by atoms with van der Waals surface area (Å²) in [6.07, 6.45) is 2.08. The van der Waals surface area contributed by atoms with Gasteiger partial charge in [0.2, 0.25) is 5.91 Å². The molecule has 0 aliphatic carbocycles. The first-order valence-electron chi connectivity index (χ1n) is 7.05. The maximum atomic E-state index is 12.3. The number of nitrogens with zero attached hydrogens (tertiary/aromatic N) is 1. The van der Waals surface area contributed by atoms with Crippen molar-refractivity contribution in [2.45, 2.75) is 32.7 Å².